The SMILES string of the molecule is COc1cc(/C=C/c2oc3c(OC)c(OC)c(OC)c(OC)c3c(=O)c2C)cc(OC)c1OC. The molecule has 0 saturated heterocycles. The molecule has 0 spiro atoms. The third-order valence-corrected chi connectivity index (χ3v) is 5.36. The molecule has 0 aliphatic rings. The summed E-state index contributed by atoms with van der Waals surface area (Å²) < 4.78 is 44.3. The Balaban J connectivity index is 2.27. The van der Waals surface area contributed by atoms with Gasteiger partial charge in [0.25, 0.3) is 0 Å². The summed E-state index contributed by atoms with van der Waals surface area (Å²) in [5.41, 5.74) is 1.01. The highest BCUT2D eigenvalue weighted by atomic mass is 16.5. The fraction of sp³-hybridized carbons (Fsp3) is 0.320. The summed E-state index contributed by atoms with van der Waals surface area (Å²) in [6.07, 6.45) is 3.45. The smallest absolute Gasteiger partial charge is 0.211 e. The van der Waals surface area contributed by atoms with Crippen LogP contribution in [-0.4, -0.2) is 49.8 Å². The van der Waals surface area contributed by atoms with Gasteiger partial charge in [-0.1, -0.05) is 6.08 Å². The monoisotopic (exact) mass is 472 g/mol. The summed E-state index contributed by atoms with van der Waals surface area (Å²) in [5.74, 6) is 2.72. The van der Waals surface area contributed by atoms with E-state index in [0.29, 0.717) is 28.6 Å². The lowest BCUT2D eigenvalue weighted by Gasteiger charge is -2.18. The second-order valence-electron chi connectivity index (χ2n) is 7.05. The highest BCUT2D eigenvalue weighted by molar-refractivity contribution is 5.95. The van der Waals surface area contributed by atoms with Gasteiger partial charge < -0.3 is 37.6 Å². The van der Waals surface area contributed by atoms with Gasteiger partial charge in [-0.15, -0.1) is 0 Å². The Kier molecular flexibility index (Phi) is 7.45. The Bertz CT molecular complexity index is 1260. The number of methoxy groups -OCH3 is 7. The van der Waals surface area contributed by atoms with Crippen molar-refractivity contribution >= 4 is 23.1 Å². The lowest BCUT2D eigenvalue weighted by Crippen LogP contribution is -2.11. The summed E-state index contributed by atoms with van der Waals surface area (Å²) in [5, 5.41) is 0.194. The van der Waals surface area contributed by atoms with Crippen molar-refractivity contribution < 1.29 is 37.6 Å². The van der Waals surface area contributed by atoms with Gasteiger partial charge >= 0.3 is 0 Å². The van der Waals surface area contributed by atoms with E-state index in [9.17, 15) is 4.79 Å². The van der Waals surface area contributed by atoms with Gasteiger partial charge in [0.15, 0.2) is 28.3 Å². The molecule has 3 aromatic rings. The Morgan fingerprint density at radius 1 is 0.647 bits per heavy atom. The number of rotatable bonds is 9. The van der Waals surface area contributed by atoms with Crippen molar-refractivity contribution in [2.45, 2.75) is 6.92 Å². The van der Waals surface area contributed by atoms with Crippen LogP contribution in [0.15, 0.2) is 21.3 Å². The standard InChI is InChI=1S/C25H28O9/c1-13-15(10-9-14-11-16(27-2)20(29-4)17(12-14)28-3)34-22-18(19(13)26)21(30-5)23(31-6)25(33-8)24(22)32-7/h9-12H,1-8H3/b10-9+. The molecule has 0 unspecified atom stereocenters. The van der Waals surface area contributed by atoms with Crippen LogP contribution in [0.3, 0.4) is 0 Å². The van der Waals surface area contributed by atoms with E-state index < -0.39 is 0 Å². The van der Waals surface area contributed by atoms with Crippen molar-refractivity contribution in [2.75, 3.05) is 49.8 Å². The van der Waals surface area contributed by atoms with Gasteiger partial charge in [-0.3, -0.25) is 4.79 Å². The van der Waals surface area contributed by atoms with E-state index in [1.165, 1.54) is 35.5 Å². The highest BCUT2D eigenvalue weighted by Gasteiger charge is 2.28. The van der Waals surface area contributed by atoms with E-state index in [4.69, 9.17) is 37.6 Å². The van der Waals surface area contributed by atoms with Gasteiger partial charge in [-0.2, -0.15) is 0 Å². The molecule has 0 bridgehead atoms. The first-order valence-corrected chi connectivity index (χ1v) is 10.2. The van der Waals surface area contributed by atoms with Crippen LogP contribution in [-0.2, 0) is 0 Å². The summed E-state index contributed by atoms with van der Waals surface area (Å²) in [6, 6.07) is 3.56. The molecule has 0 aliphatic heterocycles. The minimum absolute atomic E-state index is 0.178. The third-order valence-electron chi connectivity index (χ3n) is 5.36. The predicted molar refractivity (Wildman–Crippen MR) is 128 cm³/mol. The van der Waals surface area contributed by atoms with Crippen LogP contribution in [0.4, 0.5) is 0 Å². The first-order chi connectivity index (χ1) is 16.4. The summed E-state index contributed by atoms with van der Waals surface area (Å²) in [6.45, 7) is 1.67. The number of benzene rings is 2. The number of hydrogen-bond donors (Lipinski definition) is 0. The van der Waals surface area contributed by atoms with Gasteiger partial charge in [-0.05, 0) is 30.7 Å². The van der Waals surface area contributed by atoms with Gasteiger partial charge in [0, 0.05) is 5.56 Å². The lowest BCUT2D eigenvalue weighted by atomic mass is 10.1. The molecule has 0 aliphatic carbocycles. The number of hydrogen-bond acceptors (Lipinski definition) is 9. The first kappa shape index (κ1) is 24.6. The van der Waals surface area contributed by atoms with E-state index in [-0.39, 0.29) is 39.4 Å². The van der Waals surface area contributed by atoms with Crippen molar-refractivity contribution in [2.24, 2.45) is 0 Å². The molecule has 34 heavy (non-hydrogen) atoms. The van der Waals surface area contributed by atoms with E-state index in [2.05, 4.69) is 0 Å². The molecule has 0 atom stereocenters. The van der Waals surface area contributed by atoms with E-state index in [1.54, 1.807) is 45.4 Å². The van der Waals surface area contributed by atoms with Crippen LogP contribution in [0.1, 0.15) is 16.9 Å². The van der Waals surface area contributed by atoms with E-state index in [1.807, 2.05) is 0 Å². The van der Waals surface area contributed by atoms with Gasteiger partial charge in [0.2, 0.25) is 23.0 Å². The van der Waals surface area contributed by atoms with Gasteiger partial charge in [0.1, 0.15) is 11.1 Å². The van der Waals surface area contributed by atoms with Crippen molar-refractivity contribution in [1.82, 2.24) is 0 Å². The Morgan fingerprint density at radius 3 is 1.62 bits per heavy atom. The Hall–Kier alpha value is -4.01. The molecule has 0 fully saturated rings. The zero-order valence-corrected chi connectivity index (χ0v) is 20.5. The van der Waals surface area contributed by atoms with Crippen molar-refractivity contribution in [1.29, 1.82) is 0 Å². The molecule has 182 valence electrons. The van der Waals surface area contributed by atoms with Gasteiger partial charge in [0.05, 0.1) is 49.8 Å². The average molecular weight is 472 g/mol. The van der Waals surface area contributed by atoms with Crippen molar-refractivity contribution in [3.63, 3.8) is 0 Å². The third kappa shape index (κ3) is 4.05. The molecular weight excluding hydrogens is 444 g/mol. The zero-order valence-electron chi connectivity index (χ0n) is 20.5. The number of ether oxygens (including phenoxy) is 7. The quantitative estimate of drug-likeness (QED) is 0.451. The topological polar surface area (TPSA) is 94.8 Å². The summed E-state index contributed by atoms with van der Waals surface area (Å²) in [7, 11) is 10.4. The zero-order chi connectivity index (χ0) is 25.0. The second kappa shape index (κ2) is 10.3. The maximum absolute atomic E-state index is 13.4. The maximum Gasteiger partial charge on any atom is 0.211 e. The molecule has 0 amide bonds. The van der Waals surface area contributed by atoms with Crippen molar-refractivity contribution in [3.8, 4) is 40.2 Å². The molecule has 1 heterocycles. The fourth-order valence-corrected chi connectivity index (χ4v) is 3.71. The van der Waals surface area contributed by atoms with Crippen LogP contribution in [0.5, 0.6) is 40.2 Å². The predicted octanol–water partition coefficient (Wildman–Crippen LogP) is 4.33. The molecule has 0 N–H and O–H groups in total. The molecule has 0 radical (unpaired) electrons. The Labute approximate surface area is 197 Å². The largest absolute Gasteiger partial charge is 0.493 e. The molecule has 3 rings (SSSR count). The first-order valence-electron chi connectivity index (χ1n) is 10.2. The van der Waals surface area contributed by atoms with Crippen LogP contribution >= 0.6 is 0 Å². The van der Waals surface area contributed by atoms with Crippen molar-refractivity contribution in [3.05, 3.63) is 39.2 Å². The van der Waals surface area contributed by atoms with Crippen LogP contribution in [0, 0.1) is 6.92 Å². The normalized spacial score (nSPS) is 10.9. The molecule has 2 aromatic carbocycles. The second-order valence-corrected chi connectivity index (χ2v) is 7.05. The molecule has 1 aromatic heterocycles. The minimum Gasteiger partial charge on any atom is -0.493 e. The summed E-state index contributed by atoms with van der Waals surface area (Å²) in [4.78, 5) is 13.4. The Morgan fingerprint density at radius 2 is 1.15 bits per heavy atom. The molecule has 0 saturated carbocycles. The van der Waals surface area contributed by atoms with E-state index in [0.717, 1.165) is 5.56 Å². The minimum atomic E-state index is -0.290. The molecular formula is C25H28O9. The van der Waals surface area contributed by atoms with Crippen LogP contribution in [0.2, 0.25) is 0 Å². The molecule has 9 heteroatoms. The van der Waals surface area contributed by atoms with E-state index >= 15 is 0 Å². The van der Waals surface area contributed by atoms with Crippen LogP contribution < -0.4 is 38.6 Å². The van der Waals surface area contributed by atoms with Crippen LogP contribution in [0.25, 0.3) is 23.1 Å². The maximum atomic E-state index is 13.4. The highest BCUT2D eigenvalue weighted by Crippen LogP contribution is 2.50. The molecule has 9 nitrogen and oxygen atoms in total. The fourth-order valence-electron chi connectivity index (χ4n) is 3.71. The number of fused-ring (bicyclic) bond motifs is 1. The lowest BCUT2D eigenvalue weighted by molar-refractivity contribution is 0.306. The summed E-state index contributed by atoms with van der Waals surface area (Å²) >= 11 is 0. The average Bonchev–Trinajstić information content (AvgIpc) is 2.87. The van der Waals surface area contributed by atoms with Gasteiger partial charge in [-0.25, -0.2) is 0 Å².